The van der Waals surface area contributed by atoms with Crippen LogP contribution in [0.1, 0.15) is 104 Å². The average Bonchev–Trinajstić information content (AvgIpc) is 3.43. The summed E-state index contributed by atoms with van der Waals surface area (Å²) >= 11 is 0. The number of para-hydroxylation sites is 1. The standard InChI is InChI=1S/C35H49N3O5/c1-21(10-9-16-34(3,4)43)27-13-14-28-26-20-30(25-18-24(39)19-31(40)22(25)2)38-33(42)36(23-11-7-6-8-12-23)32(41)37(38)29(26)15-17-35(27,28)5/h6-8,11-12,20-21,24,27-31,39-40,43H,9-10,13-19H2,1-5H3/t21-,24-,27-,28+,29?,30?,31+,35-/m1/s1. The molecule has 0 bridgehead atoms. The third kappa shape index (κ3) is 5.13. The van der Waals surface area contributed by atoms with E-state index in [1.54, 1.807) is 21.5 Å². The van der Waals surface area contributed by atoms with Crippen LogP contribution < -0.4 is 11.4 Å². The van der Waals surface area contributed by atoms with Gasteiger partial charge < -0.3 is 15.3 Å². The summed E-state index contributed by atoms with van der Waals surface area (Å²) in [5.74, 6) is 1.38. The van der Waals surface area contributed by atoms with Crippen LogP contribution in [0.3, 0.4) is 0 Å². The van der Waals surface area contributed by atoms with Crippen LogP contribution in [0.2, 0.25) is 0 Å². The first kappa shape index (κ1) is 30.4. The SMILES string of the molecule is CC1=C(C2C=C3C(CC[C@]4(C)[C@@H]([C@H](C)CCCC(C)(C)O)CC[C@@H]34)n3c(=O)n(-c4ccccc4)c(=O)n32)C[C@@H](O)C[C@@H]1O. The number of hydrogen-bond acceptors (Lipinski definition) is 5. The van der Waals surface area contributed by atoms with Gasteiger partial charge in [-0.1, -0.05) is 51.0 Å². The molecule has 0 radical (unpaired) electrons. The van der Waals surface area contributed by atoms with E-state index < -0.39 is 23.9 Å². The van der Waals surface area contributed by atoms with Crippen molar-refractivity contribution in [2.45, 2.75) is 122 Å². The van der Waals surface area contributed by atoms with Gasteiger partial charge in [0.2, 0.25) is 0 Å². The topological polar surface area (TPSA) is 110 Å². The Labute approximate surface area is 254 Å². The van der Waals surface area contributed by atoms with Crippen molar-refractivity contribution in [3.05, 3.63) is 74.1 Å². The molecule has 234 valence electrons. The zero-order valence-corrected chi connectivity index (χ0v) is 26.4. The van der Waals surface area contributed by atoms with Gasteiger partial charge in [-0.2, -0.15) is 0 Å². The number of rotatable bonds is 7. The van der Waals surface area contributed by atoms with E-state index in [-0.39, 0.29) is 29.3 Å². The molecule has 6 rings (SSSR count). The summed E-state index contributed by atoms with van der Waals surface area (Å²) < 4.78 is 4.61. The number of aliphatic hydroxyl groups is 3. The van der Waals surface area contributed by atoms with E-state index in [9.17, 15) is 24.9 Å². The number of aromatic nitrogens is 3. The minimum atomic E-state index is -0.779. The highest BCUT2D eigenvalue weighted by atomic mass is 16.3. The molecule has 0 saturated heterocycles. The van der Waals surface area contributed by atoms with E-state index in [0.717, 1.165) is 56.1 Å². The van der Waals surface area contributed by atoms with Gasteiger partial charge in [-0.05, 0) is 111 Å². The van der Waals surface area contributed by atoms with Crippen LogP contribution in [-0.2, 0) is 0 Å². The van der Waals surface area contributed by atoms with E-state index in [0.29, 0.717) is 29.9 Å². The van der Waals surface area contributed by atoms with Crippen molar-refractivity contribution in [2.75, 3.05) is 0 Å². The highest BCUT2D eigenvalue weighted by molar-refractivity contribution is 5.37. The van der Waals surface area contributed by atoms with Crippen molar-refractivity contribution in [2.24, 2.45) is 23.2 Å². The van der Waals surface area contributed by atoms with Crippen molar-refractivity contribution in [1.82, 2.24) is 13.9 Å². The van der Waals surface area contributed by atoms with Gasteiger partial charge in [0.25, 0.3) is 0 Å². The Morgan fingerprint density at radius 3 is 2.44 bits per heavy atom. The van der Waals surface area contributed by atoms with E-state index in [4.69, 9.17) is 0 Å². The molecule has 3 N–H and O–H groups in total. The van der Waals surface area contributed by atoms with Gasteiger partial charge in [-0.3, -0.25) is 0 Å². The largest absolute Gasteiger partial charge is 0.393 e. The molecular formula is C35H49N3O5. The Hall–Kier alpha value is -2.68. The van der Waals surface area contributed by atoms with Crippen LogP contribution in [0.25, 0.3) is 5.69 Å². The first-order valence-corrected chi connectivity index (χ1v) is 16.3. The van der Waals surface area contributed by atoms with Crippen molar-refractivity contribution in [3.63, 3.8) is 0 Å². The molecule has 2 saturated carbocycles. The second kappa shape index (κ2) is 11.0. The molecule has 1 aromatic heterocycles. The van der Waals surface area contributed by atoms with Crippen molar-refractivity contribution < 1.29 is 15.3 Å². The van der Waals surface area contributed by atoms with Gasteiger partial charge in [0, 0.05) is 6.42 Å². The summed E-state index contributed by atoms with van der Waals surface area (Å²) in [4.78, 5) is 28.4. The normalized spacial score (nSPS) is 33.1. The lowest BCUT2D eigenvalue weighted by atomic mass is 9.59. The van der Waals surface area contributed by atoms with E-state index in [1.807, 2.05) is 39.0 Å². The maximum Gasteiger partial charge on any atom is 0.352 e. The molecule has 1 aliphatic heterocycles. The molecule has 2 fully saturated rings. The van der Waals surface area contributed by atoms with Gasteiger partial charge in [0.15, 0.2) is 0 Å². The molecule has 8 atom stereocenters. The minimum absolute atomic E-state index is 0.0874. The monoisotopic (exact) mass is 591 g/mol. The van der Waals surface area contributed by atoms with Crippen LogP contribution >= 0.6 is 0 Å². The number of allylic oxidation sites excluding steroid dienone is 2. The molecule has 4 aliphatic rings. The van der Waals surface area contributed by atoms with E-state index in [2.05, 4.69) is 19.9 Å². The predicted octanol–water partition coefficient (Wildman–Crippen LogP) is 5.06. The Bertz CT molecular complexity index is 1540. The summed E-state index contributed by atoms with van der Waals surface area (Å²) in [6.45, 7) is 10.5. The smallest absolute Gasteiger partial charge is 0.352 e. The van der Waals surface area contributed by atoms with Gasteiger partial charge in [-0.15, -0.1) is 0 Å². The van der Waals surface area contributed by atoms with Crippen molar-refractivity contribution in [3.8, 4) is 5.69 Å². The highest BCUT2D eigenvalue weighted by Crippen LogP contribution is 2.62. The number of nitrogens with zero attached hydrogens (tertiary/aromatic N) is 3. The third-order valence-electron chi connectivity index (χ3n) is 11.5. The molecule has 1 aromatic carbocycles. The molecule has 2 heterocycles. The Morgan fingerprint density at radius 2 is 1.74 bits per heavy atom. The first-order chi connectivity index (χ1) is 20.3. The molecule has 0 amide bonds. The fraction of sp³-hybridized carbons (Fsp3) is 0.657. The fourth-order valence-electron chi connectivity index (χ4n) is 9.31. The lowest BCUT2D eigenvalue weighted by Gasteiger charge is -2.49. The molecular weight excluding hydrogens is 542 g/mol. The summed E-state index contributed by atoms with van der Waals surface area (Å²) in [7, 11) is 0. The van der Waals surface area contributed by atoms with Crippen LogP contribution in [0, 0.1) is 23.2 Å². The predicted molar refractivity (Wildman–Crippen MR) is 167 cm³/mol. The summed E-state index contributed by atoms with van der Waals surface area (Å²) in [5, 5.41) is 31.8. The van der Waals surface area contributed by atoms with Crippen molar-refractivity contribution in [1.29, 1.82) is 0 Å². The van der Waals surface area contributed by atoms with Crippen LogP contribution in [0.4, 0.5) is 0 Å². The molecule has 8 heteroatoms. The van der Waals surface area contributed by atoms with E-state index >= 15 is 0 Å². The number of hydrogen-bond donors (Lipinski definition) is 3. The lowest BCUT2D eigenvalue weighted by Crippen LogP contribution is -2.46. The zero-order valence-electron chi connectivity index (χ0n) is 26.4. The van der Waals surface area contributed by atoms with Gasteiger partial charge in [0.05, 0.1) is 35.6 Å². The first-order valence-electron chi connectivity index (χ1n) is 16.3. The molecule has 2 aromatic rings. The quantitative estimate of drug-likeness (QED) is 0.390. The Kier molecular flexibility index (Phi) is 7.79. The van der Waals surface area contributed by atoms with Gasteiger partial charge in [0.1, 0.15) is 0 Å². The molecule has 0 spiro atoms. The number of benzene rings is 1. The maximum atomic E-state index is 14.2. The molecule has 3 aliphatic carbocycles. The van der Waals surface area contributed by atoms with E-state index in [1.165, 1.54) is 10.1 Å². The second-order valence-electron chi connectivity index (χ2n) is 14.8. The number of fused-ring (bicyclic) bond motifs is 5. The van der Waals surface area contributed by atoms with Crippen LogP contribution in [-0.4, -0.2) is 47.1 Å². The fourth-order valence-corrected chi connectivity index (χ4v) is 9.31. The molecule has 2 unspecified atom stereocenters. The van der Waals surface area contributed by atoms with Gasteiger partial charge in [-0.25, -0.2) is 23.5 Å². The van der Waals surface area contributed by atoms with Gasteiger partial charge >= 0.3 is 11.4 Å². The number of aliphatic hydroxyl groups excluding tert-OH is 2. The average molecular weight is 592 g/mol. The summed E-state index contributed by atoms with van der Waals surface area (Å²) in [5.41, 5.74) is 2.13. The molecule has 43 heavy (non-hydrogen) atoms. The Balaban J connectivity index is 1.44. The summed E-state index contributed by atoms with van der Waals surface area (Å²) in [6, 6.07) is 8.38. The summed E-state index contributed by atoms with van der Waals surface area (Å²) in [6.07, 6.45) is 8.24. The van der Waals surface area contributed by atoms with Crippen LogP contribution in [0.15, 0.2) is 62.7 Å². The molecule has 8 nitrogen and oxygen atoms in total. The second-order valence-corrected chi connectivity index (χ2v) is 14.8. The third-order valence-corrected chi connectivity index (χ3v) is 11.5. The van der Waals surface area contributed by atoms with Crippen LogP contribution in [0.5, 0.6) is 0 Å². The minimum Gasteiger partial charge on any atom is -0.393 e. The zero-order chi connectivity index (χ0) is 30.8. The lowest BCUT2D eigenvalue weighted by molar-refractivity contribution is 0.0538. The van der Waals surface area contributed by atoms with Crippen molar-refractivity contribution >= 4 is 0 Å². The highest BCUT2D eigenvalue weighted by Gasteiger charge is 2.55. The Morgan fingerprint density at radius 1 is 1.05 bits per heavy atom. The maximum absolute atomic E-state index is 14.2.